The Balaban J connectivity index is 2.93. The third-order valence-electron chi connectivity index (χ3n) is 2.26. The molecule has 4 heteroatoms. The summed E-state index contributed by atoms with van der Waals surface area (Å²) in [5.74, 6) is 0. The Hall–Kier alpha value is -0.870. The average molecular weight is 197 g/mol. The second kappa shape index (κ2) is 4.11. The molecule has 0 aliphatic heterocycles. The molecule has 0 amide bonds. The highest BCUT2D eigenvalue weighted by molar-refractivity contribution is 5.26. The van der Waals surface area contributed by atoms with E-state index in [1.807, 2.05) is 0 Å². The topological polar surface area (TPSA) is 74.9 Å². The number of hydrogen-bond acceptors (Lipinski definition) is 3. The predicted molar refractivity (Wildman–Crippen MR) is 55.9 cm³/mol. The van der Waals surface area contributed by atoms with Gasteiger partial charge in [-0.1, -0.05) is 20.8 Å². The minimum absolute atomic E-state index is 0.0128. The van der Waals surface area contributed by atoms with Gasteiger partial charge in [0, 0.05) is 29.3 Å². The van der Waals surface area contributed by atoms with Crippen LogP contribution in [0.2, 0.25) is 0 Å². The number of nitrogens with one attached hydrogen (secondary N) is 1. The molecule has 0 aliphatic rings. The van der Waals surface area contributed by atoms with Gasteiger partial charge in [-0.05, 0) is 6.42 Å². The quantitative estimate of drug-likeness (QED) is 0.679. The first-order chi connectivity index (χ1) is 6.46. The van der Waals surface area contributed by atoms with Crippen molar-refractivity contribution in [3.63, 3.8) is 0 Å². The summed E-state index contributed by atoms with van der Waals surface area (Å²) >= 11 is 0. The van der Waals surface area contributed by atoms with E-state index < -0.39 is 0 Å². The van der Waals surface area contributed by atoms with E-state index >= 15 is 0 Å². The highest BCUT2D eigenvalue weighted by Gasteiger charge is 2.22. The van der Waals surface area contributed by atoms with Crippen LogP contribution in [0.5, 0.6) is 0 Å². The number of H-pyrrole nitrogens is 1. The fraction of sp³-hybridized carbons (Fsp3) is 0.700. The molecule has 0 aromatic carbocycles. The summed E-state index contributed by atoms with van der Waals surface area (Å²) in [6.45, 7) is 6.43. The van der Waals surface area contributed by atoms with Crippen LogP contribution in [-0.2, 0) is 5.41 Å². The maximum atomic E-state index is 8.82. The minimum atomic E-state index is -0.132. The fourth-order valence-electron chi connectivity index (χ4n) is 1.47. The van der Waals surface area contributed by atoms with E-state index in [1.54, 1.807) is 6.20 Å². The van der Waals surface area contributed by atoms with Crippen LogP contribution in [0.4, 0.5) is 0 Å². The Morgan fingerprint density at radius 2 is 2.21 bits per heavy atom. The Kier molecular flexibility index (Phi) is 3.29. The summed E-state index contributed by atoms with van der Waals surface area (Å²) in [5, 5.41) is 15.8. The number of aromatic nitrogens is 2. The number of aliphatic hydroxyl groups is 1. The molecule has 0 fully saturated rings. The summed E-state index contributed by atoms with van der Waals surface area (Å²) in [5.41, 5.74) is 8.00. The molecule has 1 heterocycles. The largest absolute Gasteiger partial charge is 0.396 e. The molecule has 0 spiro atoms. The van der Waals surface area contributed by atoms with Gasteiger partial charge in [0.05, 0.1) is 6.20 Å². The van der Waals surface area contributed by atoms with Crippen molar-refractivity contribution in [2.75, 3.05) is 6.61 Å². The molecule has 1 unspecified atom stereocenters. The maximum Gasteiger partial charge on any atom is 0.0538 e. The van der Waals surface area contributed by atoms with Crippen molar-refractivity contribution in [2.24, 2.45) is 5.73 Å². The van der Waals surface area contributed by atoms with Crippen molar-refractivity contribution in [1.82, 2.24) is 10.2 Å². The number of hydrogen-bond donors (Lipinski definition) is 3. The molecule has 80 valence electrons. The standard InChI is InChI=1S/C10H19N3O/c1-10(2,3)9-7(6-12-13-9)8(11)4-5-14/h6,8,14H,4-5,11H2,1-3H3,(H,12,13). The molecule has 1 aromatic heterocycles. The van der Waals surface area contributed by atoms with E-state index in [0.29, 0.717) is 6.42 Å². The molecule has 4 nitrogen and oxygen atoms in total. The van der Waals surface area contributed by atoms with Gasteiger partial charge in [-0.25, -0.2) is 0 Å². The van der Waals surface area contributed by atoms with Crippen LogP contribution in [0, 0.1) is 0 Å². The van der Waals surface area contributed by atoms with Gasteiger partial charge in [-0.2, -0.15) is 5.10 Å². The summed E-state index contributed by atoms with van der Waals surface area (Å²) in [7, 11) is 0. The summed E-state index contributed by atoms with van der Waals surface area (Å²) in [6, 6.07) is -0.132. The highest BCUT2D eigenvalue weighted by atomic mass is 16.3. The van der Waals surface area contributed by atoms with Gasteiger partial charge in [0.1, 0.15) is 0 Å². The van der Waals surface area contributed by atoms with Crippen molar-refractivity contribution in [3.8, 4) is 0 Å². The third-order valence-corrected chi connectivity index (χ3v) is 2.26. The van der Waals surface area contributed by atoms with Gasteiger partial charge in [-0.15, -0.1) is 0 Å². The number of nitrogens with zero attached hydrogens (tertiary/aromatic N) is 1. The van der Waals surface area contributed by atoms with Crippen molar-refractivity contribution >= 4 is 0 Å². The zero-order chi connectivity index (χ0) is 10.8. The van der Waals surface area contributed by atoms with Crippen LogP contribution in [0.25, 0.3) is 0 Å². The third kappa shape index (κ3) is 2.33. The van der Waals surface area contributed by atoms with Crippen LogP contribution >= 0.6 is 0 Å². The number of rotatable bonds is 3. The molecule has 1 aromatic rings. The Labute approximate surface area is 84.5 Å². The smallest absolute Gasteiger partial charge is 0.0538 e. The average Bonchev–Trinajstić information content (AvgIpc) is 2.50. The van der Waals surface area contributed by atoms with E-state index in [4.69, 9.17) is 10.8 Å². The van der Waals surface area contributed by atoms with Crippen molar-refractivity contribution in [3.05, 3.63) is 17.5 Å². The fourth-order valence-corrected chi connectivity index (χ4v) is 1.47. The molecule has 0 saturated heterocycles. The van der Waals surface area contributed by atoms with Gasteiger partial charge in [-0.3, -0.25) is 5.10 Å². The first kappa shape index (κ1) is 11.2. The Morgan fingerprint density at radius 1 is 1.57 bits per heavy atom. The molecule has 0 radical (unpaired) electrons. The lowest BCUT2D eigenvalue weighted by atomic mass is 9.87. The summed E-state index contributed by atoms with van der Waals surface area (Å²) < 4.78 is 0. The minimum Gasteiger partial charge on any atom is -0.396 e. The van der Waals surface area contributed by atoms with Crippen LogP contribution in [0.1, 0.15) is 44.5 Å². The monoisotopic (exact) mass is 197 g/mol. The first-order valence-corrected chi connectivity index (χ1v) is 4.87. The molecule has 0 aliphatic carbocycles. The van der Waals surface area contributed by atoms with Crippen LogP contribution < -0.4 is 5.73 Å². The molecular formula is C10H19N3O. The summed E-state index contributed by atoms with van der Waals surface area (Å²) in [4.78, 5) is 0. The van der Waals surface area contributed by atoms with Gasteiger partial charge in [0.15, 0.2) is 0 Å². The zero-order valence-corrected chi connectivity index (χ0v) is 9.04. The molecule has 0 saturated carbocycles. The Bertz CT molecular complexity index is 288. The van der Waals surface area contributed by atoms with Crippen molar-refractivity contribution in [1.29, 1.82) is 0 Å². The predicted octanol–water partition coefficient (Wildman–Crippen LogP) is 1.09. The van der Waals surface area contributed by atoms with Gasteiger partial charge < -0.3 is 10.8 Å². The van der Waals surface area contributed by atoms with Crippen molar-refractivity contribution < 1.29 is 5.11 Å². The van der Waals surface area contributed by atoms with Gasteiger partial charge in [0.25, 0.3) is 0 Å². The van der Waals surface area contributed by atoms with E-state index in [-0.39, 0.29) is 18.1 Å². The van der Waals surface area contributed by atoms with E-state index in [9.17, 15) is 0 Å². The highest BCUT2D eigenvalue weighted by Crippen LogP contribution is 2.27. The molecule has 14 heavy (non-hydrogen) atoms. The number of nitrogens with two attached hydrogens (primary N) is 1. The molecular weight excluding hydrogens is 178 g/mol. The lowest BCUT2D eigenvalue weighted by molar-refractivity contribution is 0.276. The molecule has 1 atom stereocenters. The van der Waals surface area contributed by atoms with E-state index in [1.165, 1.54) is 0 Å². The number of aliphatic hydroxyl groups excluding tert-OH is 1. The second-order valence-electron chi connectivity index (χ2n) is 4.57. The maximum absolute atomic E-state index is 8.82. The molecule has 0 bridgehead atoms. The SMILES string of the molecule is CC(C)(C)c1[nH]ncc1C(N)CCO. The normalized spacial score (nSPS) is 14.4. The van der Waals surface area contributed by atoms with Crippen molar-refractivity contribution in [2.45, 2.75) is 38.6 Å². The second-order valence-corrected chi connectivity index (χ2v) is 4.57. The van der Waals surface area contributed by atoms with Gasteiger partial charge in [0.2, 0.25) is 0 Å². The lowest BCUT2D eigenvalue weighted by Gasteiger charge is -2.20. The molecule has 4 N–H and O–H groups in total. The van der Waals surface area contributed by atoms with Crippen LogP contribution in [-0.4, -0.2) is 21.9 Å². The molecule has 1 rings (SSSR count). The number of aromatic amines is 1. The Morgan fingerprint density at radius 3 is 2.71 bits per heavy atom. The first-order valence-electron chi connectivity index (χ1n) is 4.87. The van der Waals surface area contributed by atoms with E-state index in [2.05, 4.69) is 31.0 Å². The lowest BCUT2D eigenvalue weighted by Crippen LogP contribution is -2.20. The zero-order valence-electron chi connectivity index (χ0n) is 9.04. The van der Waals surface area contributed by atoms with Crippen LogP contribution in [0.15, 0.2) is 6.20 Å². The summed E-state index contributed by atoms with van der Waals surface area (Å²) in [6.07, 6.45) is 2.32. The van der Waals surface area contributed by atoms with E-state index in [0.717, 1.165) is 11.3 Å². The van der Waals surface area contributed by atoms with Crippen LogP contribution in [0.3, 0.4) is 0 Å². The van der Waals surface area contributed by atoms with Gasteiger partial charge >= 0.3 is 0 Å².